The molecule has 0 saturated heterocycles. The maximum absolute atomic E-state index is 9.68. The van der Waals surface area contributed by atoms with E-state index in [9.17, 15) is 5.11 Å². The molecule has 0 radical (unpaired) electrons. The van der Waals surface area contributed by atoms with Crippen LogP contribution in [0.2, 0.25) is 0 Å². The first-order valence-electron chi connectivity index (χ1n) is 5.72. The Morgan fingerprint density at radius 2 is 2.05 bits per heavy atom. The van der Waals surface area contributed by atoms with E-state index in [1.807, 2.05) is 24.3 Å². The van der Waals surface area contributed by atoms with Crippen molar-refractivity contribution in [2.45, 2.75) is 10.6 Å². The molecule has 1 N–H and O–H groups in total. The number of nitriles is 1. The summed E-state index contributed by atoms with van der Waals surface area (Å²) < 4.78 is 5.17. The van der Waals surface area contributed by atoms with E-state index in [0.29, 0.717) is 17.1 Å². The number of para-hydroxylation sites is 1. The molecule has 0 aliphatic rings. The van der Waals surface area contributed by atoms with Crippen LogP contribution in [0.15, 0.2) is 47.4 Å². The van der Waals surface area contributed by atoms with Crippen LogP contribution in [0.5, 0.6) is 11.5 Å². The Balaban J connectivity index is 2.13. The van der Waals surface area contributed by atoms with Crippen molar-refractivity contribution in [3.05, 3.63) is 53.6 Å². The van der Waals surface area contributed by atoms with Crippen LogP contribution in [0.3, 0.4) is 0 Å². The number of hydrogen-bond donors (Lipinski definition) is 1. The van der Waals surface area contributed by atoms with Gasteiger partial charge in [-0.2, -0.15) is 5.26 Å². The Hall–Kier alpha value is -2.12. The van der Waals surface area contributed by atoms with Crippen molar-refractivity contribution in [3.8, 4) is 17.6 Å². The zero-order chi connectivity index (χ0) is 13.7. The monoisotopic (exact) mass is 271 g/mol. The third kappa shape index (κ3) is 3.21. The average molecular weight is 271 g/mol. The van der Waals surface area contributed by atoms with Gasteiger partial charge in [0.25, 0.3) is 0 Å². The van der Waals surface area contributed by atoms with Gasteiger partial charge >= 0.3 is 0 Å². The predicted molar refractivity (Wildman–Crippen MR) is 75.4 cm³/mol. The molecule has 96 valence electrons. The molecule has 2 aromatic carbocycles. The molecule has 4 heteroatoms. The van der Waals surface area contributed by atoms with Crippen LogP contribution in [0.4, 0.5) is 0 Å². The molecule has 0 atom stereocenters. The van der Waals surface area contributed by atoms with Crippen LogP contribution in [0, 0.1) is 11.3 Å². The number of rotatable bonds is 4. The van der Waals surface area contributed by atoms with Crippen molar-refractivity contribution in [3.63, 3.8) is 0 Å². The van der Waals surface area contributed by atoms with Gasteiger partial charge in [0, 0.05) is 10.6 Å². The third-order valence-electron chi connectivity index (χ3n) is 2.65. The number of methoxy groups -OCH3 is 1. The maximum atomic E-state index is 9.68. The van der Waals surface area contributed by atoms with Crippen LogP contribution in [-0.2, 0) is 5.75 Å². The Bertz CT molecular complexity index is 620. The van der Waals surface area contributed by atoms with E-state index < -0.39 is 0 Å². The highest BCUT2D eigenvalue weighted by molar-refractivity contribution is 7.98. The molecule has 0 aromatic heterocycles. The van der Waals surface area contributed by atoms with Gasteiger partial charge < -0.3 is 9.84 Å². The van der Waals surface area contributed by atoms with Gasteiger partial charge in [0.05, 0.1) is 12.7 Å². The smallest absolute Gasteiger partial charge is 0.136 e. The normalized spacial score (nSPS) is 9.89. The molecule has 2 rings (SSSR count). The molecule has 2 aromatic rings. The number of ether oxygens (including phenoxy) is 1. The van der Waals surface area contributed by atoms with E-state index in [2.05, 4.69) is 6.07 Å². The van der Waals surface area contributed by atoms with Gasteiger partial charge in [-0.1, -0.05) is 18.2 Å². The largest absolute Gasteiger partial charge is 0.507 e. The summed E-state index contributed by atoms with van der Waals surface area (Å²) in [5.74, 6) is 1.57. The average Bonchev–Trinajstić information content (AvgIpc) is 2.46. The van der Waals surface area contributed by atoms with Gasteiger partial charge in [0.2, 0.25) is 0 Å². The molecule has 0 unspecified atom stereocenters. The lowest BCUT2D eigenvalue weighted by atomic mass is 10.1. The molecule has 0 heterocycles. The Labute approximate surface area is 116 Å². The number of phenolic OH excluding ortho intramolecular Hbond substituents is 1. The summed E-state index contributed by atoms with van der Waals surface area (Å²) in [5, 5.41) is 18.6. The lowest BCUT2D eigenvalue weighted by Gasteiger charge is -2.07. The molecule has 0 bridgehead atoms. The molecule has 19 heavy (non-hydrogen) atoms. The van der Waals surface area contributed by atoms with Crippen molar-refractivity contribution in [1.29, 1.82) is 5.26 Å². The number of nitrogens with zero attached hydrogens (tertiary/aromatic N) is 1. The zero-order valence-corrected chi connectivity index (χ0v) is 11.3. The lowest BCUT2D eigenvalue weighted by molar-refractivity contribution is 0.413. The number of phenols is 1. The Morgan fingerprint density at radius 3 is 2.74 bits per heavy atom. The number of aromatic hydroxyl groups is 1. The van der Waals surface area contributed by atoms with E-state index in [4.69, 9.17) is 10.00 Å². The van der Waals surface area contributed by atoms with Crippen LogP contribution < -0.4 is 4.74 Å². The topological polar surface area (TPSA) is 53.2 Å². The summed E-state index contributed by atoms with van der Waals surface area (Å²) >= 11 is 1.54. The third-order valence-corrected chi connectivity index (χ3v) is 3.78. The standard InChI is InChI=1S/C15H13NO2S/c1-18-14-8-11(6-7-12(14)9-16)10-19-15-5-3-2-4-13(15)17/h2-8,17H,10H2,1H3. The molecule has 0 amide bonds. The first-order chi connectivity index (χ1) is 9.24. The van der Waals surface area contributed by atoms with Crippen molar-refractivity contribution in [1.82, 2.24) is 0 Å². The first-order valence-corrected chi connectivity index (χ1v) is 6.71. The van der Waals surface area contributed by atoms with E-state index in [1.165, 1.54) is 0 Å². The minimum Gasteiger partial charge on any atom is -0.507 e. The zero-order valence-electron chi connectivity index (χ0n) is 10.5. The van der Waals surface area contributed by atoms with Crippen molar-refractivity contribution >= 4 is 11.8 Å². The van der Waals surface area contributed by atoms with Crippen molar-refractivity contribution in [2.75, 3.05) is 7.11 Å². The quantitative estimate of drug-likeness (QED) is 0.864. The van der Waals surface area contributed by atoms with Crippen LogP contribution in [-0.4, -0.2) is 12.2 Å². The van der Waals surface area contributed by atoms with Gasteiger partial charge in [-0.05, 0) is 29.8 Å². The van der Waals surface area contributed by atoms with Gasteiger partial charge in [0.15, 0.2) is 0 Å². The fourth-order valence-electron chi connectivity index (χ4n) is 1.66. The second-order valence-electron chi connectivity index (χ2n) is 3.90. The summed E-state index contributed by atoms with van der Waals surface area (Å²) in [4.78, 5) is 0.839. The van der Waals surface area contributed by atoms with Crippen LogP contribution in [0.25, 0.3) is 0 Å². The summed E-state index contributed by atoms with van der Waals surface area (Å²) in [6, 6.07) is 14.8. The highest BCUT2D eigenvalue weighted by Gasteiger charge is 2.05. The van der Waals surface area contributed by atoms with E-state index >= 15 is 0 Å². The minimum absolute atomic E-state index is 0.285. The lowest BCUT2D eigenvalue weighted by Crippen LogP contribution is -1.90. The second kappa shape index (κ2) is 6.17. The fourth-order valence-corrected chi connectivity index (χ4v) is 2.55. The van der Waals surface area contributed by atoms with Crippen LogP contribution >= 0.6 is 11.8 Å². The van der Waals surface area contributed by atoms with Crippen molar-refractivity contribution < 1.29 is 9.84 Å². The van der Waals surface area contributed by atoms with Gasteiger partial charge in [-0.15, -0.1) is 11.8 Å². The van der Waals surface area contributed by atoms with Crippen molar-refractivity contribution in [2.24, 2.45) is 0 Å². The maximum Gasteiger partial charge on any atom is 0.136 e. The van der Waals surface area contributed by atoms with Gasteiger partial charge in [-0.3, -0.25) is 0 Å². The fraction of sp³-hybridized carbons (Fsp3) is 0.133. The molecule has 0 fully saturated rings. The second-order valence-corrected chi connectivity index (χ2v) is 4.92. The summed E-state index contributed by atoms with van der Waals surface area (Å²) in [6.07, 6.45) is 0. The van der Waals surface area contributed by atoms with E-state index in [-0.39, 0.29) is 5.75 Å². The predicted octanol–water partition coefficient (Wildman–Crippen LogP) is 3.56. The van der Waals surface area contributed by atoms with Gasteiger partial charge in [0.1, 0.15) is 17.6 Å². The molecular weight excluding hydrogens is 258 g/mol. The Kier molecular flexibility index (Phi) is 4.32. The highest BCUT2D eigenvalue weighted by atomic mass is 32.2. The summed E-state index contributed by atoms with van der Waals surface area (Å²) in [5.41, 5.74) is 1.57. The minimum atomic E-state index is 0.285. The Morgan fingerprint density at radius 1 is 1.26 bits per heavy atom. The first kappa shape index (κ1) is 13.3. The molecular formula is C15H13NO2S. The SMILES string of the molecule is COc1cc(CSc2ccccc2O)ccc1C#N. The molecule has 0 spiro atoms. The summed E-state index contributed by atoms with van der Waals surface area (Å²) in [6.45, 7) is 0. The highest BCUT2D eigenvalue weighted by Crippen LogP contribution is 2.31. The number of benzene rings is 2. The number of thioether (sulfide) groups is 1. The molecule has 3 nitrogen and oxygen atoms in total. The van der Waals surface area contributed by atoms with E-state index in [1.54, 1.807) is 37.1 Å². The van der Waals surface area contributed by atoms with Crippen LogP contribution in [0.1, 0.15) is 11.1 Å². The number of hydrogen-bond acceptors (Lipinski definition) is 4. The molecule has 0 saturated carbocycles. The molecule has 0 aliphatic heterocycles. The van der Waals surface area contributed by atoms with Gasteiger partial charge in [-0.25, -0.2) is 0 Å². The molecule has 0 aliphatic carbocycles. The van der Waals surface area contributed by atoms with E-state index in [0.717, 1.165) is 10.5 Å². The summed E-state index contributed by atoms with van der Waals surface area (Å²) in [7, 11) is 1.55.